The second-order valence-electron chi connectivity index (χ2n) is 4.75. The van der Waals surface area contributed by atoms with Gasteiger partial charge in [0.25, 0.3) is 0 Å². The van der Waals surface area contributed by atoms with Gasteiger partial charge in [-0.2, -0.15) is 0 Å². The molecule has 1 aromatic carbocycles. The van der Waals surface area contributed by atoms with Crippen LogP contribution in [-0.2, 0) is 0 Å². The van der Waals surface area contributed by atoms with Crippen molar-refractivity contribution in [2.75, 3.05) is 13.1 Å². The highest BCUT2D eigenvalue weighted by molar-refractivity contribution is 5.57. The van der Waals surface area contributed by atoms with Crippen LogP contribution in [0.15, 0.2) is 24.3 Å². The number of hydrogen-bond donors (Lipinski definition) is 1. The molecule has 1 heterocycles. The van der Waals surface area contributed by atoms with E-state index in [1.54, 1.807) is 0 Å². The average Bonchev–Trinajstić information content (AvgIpc) is 2.30. The molecule has 0 aliphatic carbocycles. The summed E-state index contributed by atoms with van der Waals surface area (Å²) in [5.74, 6) is 0.764. The van der Waals surface area contributed by atoms with Gasteiger partial charge in [0.05, 0.1) is 0 Å². The SMILES string of the molecule is Cc1cccc(C)c1/C=C\C1CCNCC1. The van der Waals surface area contributed by atoms with Gasteiger partial charge < -0.3 is 5.32 Å². The predicted molar refractivity (Wildman–Crippen MR) is 70.5 cm³/mol. The molecule has 0 bridgehead atoms. The van der Waals surface area contributed by atoms with Gasteiger partial charge in [0.2, 0.25) is 0 Å². The van der Waals surface area contributed by atoms with E-state index >= 15 is 0 Å². The van der Waals surface area contributed by atoms with Crippen LogP contribution in [0.1, 0.15) is 29.5 Å². The van der Waals surface area contributed by atoms with Crippen molar-refractivity contribution in [3.63, 3.8) is 0 Å². The van der Waals surface area contributed by atoms with E-state index in [9.17, 15) is 0 Å². The summed E-state index contributed by atoms with van der Waals surface area (Å²) in [6.07, 6.45) is 7.28. The van der Waals surface area contributed by atoms with Gasteiger partial charge in [-0.25, -0.2) is 0 Å². The number of benzene rings is 1. The molecule has 86 valence electrons. The first-order chi connectivity index (χ1) is 7.77. The molecular formula is C15H21N. The van der Waals surface area contributed by atoms with Crippen molar-refractivity contribution in [2.24, 2.45) is 5.92 Å². The Hall–Kier alpha value is -1.08. The van der Waals surface area contributed by atoms with Crippen LogP contribution in [0, 0.1) is 19.8 Å². The minimum atomic E-state index is 0.764. The van der Waals surface area contributed by atoms with E-state index < -0.39 is 0 Å². The van der Waals surface area contributed by atoms with E-state index in [0.717, 1.165) is 5.92 Å². The summed E-state index contributed by atoms with van der Waals surface area (Å²) in [6, 6.07) is 6.51. The first-order valence-electron chi connectivity index (χ1n) is 6.22. The Kier molecular flexibility index (Phi) is 3.79. The Morgan fingerprint density at radius 1 is 1.12 bits per heavy atom. The van der Waals surface area contributed by atoms with Crippen molar-refractivity contribution in [3.05, 3.63) is 41.0 Å². The van der Waals surface area contributed by atoms with Crippen molar-refractivity contribution in [3.8, 4) is 0 Å². The molecule has 1 N–H and O–H groups in total. The number of hydrogen-bond acceptors (Lipinski definition) is 1. The predicted octanol–water partition coefficient (Wildman–Crippen LogP) is 3.32. The minimum Gasteiger partial charge on any atom is -0.317 e. The molecule has 0 radical (unpaired) electrons. The van der Waals surface area contributed by atoms with Crippen LogP contribution in [0.2, 0.25) is 0 Å². The minimum absolute atomic E-state index is 0.764. The van der Waals surface area contributed by atoms with Gasteiger partial charge in [0.1, 0.15) is 0 Å². The standard InChI is InChI=1S/C15H21N/c1-12-4-3-5-13(2)15(12)7-6-14-8-10-16-11-9-14/h3-7,14,16H,8-11H2,1-2H3/b7-6-. The monoisotopic (exact) mass is 215 g/mol. The zero-order chi connectivity index (χ0) is 11.4. The van der Waals surface area contributed by atoms with E-state index in [4.69, 9.17) is 0 Å². The molecule has 0 unspecified atom stereocenters. The first-order valence-corrected chi connectivity index (χ1v) is 6.22. The third-order valence-electron chi connectivity index (χ3n) is 3.46. The molecule has 0 atom stereocenters. The van der Waals surface area contributed by atoms with Crippen LogP contribution in [0.4, 0.5) is 0 Å². The molecule has 1 aromatic rings. The molecule has 1 heteroatoms. The normalized spacial score (nSPS) is 18.1. The van der Waals surface area contributed by atoms with E-state index in [-0.39, 0.29) is 0 Å². The average molecular weight is 215 g/mol. The topological polar surface area (TPSA) is 12.0 Å². The van der Waals surface area contributed by atoms with Crippen LogP contribution >= 0.6 is 0 Å². The fourth-order valence-electron chi connectivity index (χ4n) is 2.36. The largest absolute Gasteiger partial charge is 0.317 e. The molecule has 0 amide bonds. The number of piperidine rings is 1. The molecule has 2 rings (SSSR count). The van der Waals surface area contributed by atoms with E-state index in [1.807, 2.05) is 0 Å². The third kappa shape index (κ3) is 2.73. The second kappa shape index (κ2) is 5.31. The Labute approximate surface area is 98.6 Å². The summed E-state index contributed by atoms with van der Waals surface area (Å²) in [5, 5.41) is 3.40. The van der Waals surface area contributed by atoms with Gasteiger partial charge in [0, 0.05) is 0 Å². The maximum absolute atomic E-state index is 3.40. The maximum Gasteiger partial charge on any atom is -0.00433 e. The summed E-state index contributed by atoms with van der Waals surface area (Å²) >= 11 is 0. The van der Waals surface area contributed by atoms with Crippen molar-refractivity contribution in [1.82, 2.24) is 5.32 Å². The van der Waals surface area contributed by atoms with E-state index in [0.29, 0.717) is 0 Å². The summed E-state index contributed by atoms with van der Waals surface area (Å²) in [7, 11) is 0. The zero-order valence-corrected chi connectivity index (χ0v) is 10.3. The Morgan fingerprint density at radius 2 is 1.75 bits per heavy atom. The van der Waals surface area contributed by atoms with Gasteiger partial charge in [-0.1, -0.05) is 30.4 Å². The van der Waals surface area contributed by atoms with Gasteiger partial charge >= 0.3 is 0 Å². The van der Waals surface area contributed by atoms with Crippen molar-refractivity contribution < 1.29 is 0 Å². The van der Waals surface area contributed by atoms with Crippen molar-refractivity contribution in [2.45, 2.75) is 26.7 Å². The first kappa shape index (κ1) is 11.4. The summed E-state index contributed by atoms with van der Waals surface area (Å²) in [5.41, 5.74) is 4.16. The zero-order valence-electron chi connectivity index (χ0n) is 10.3. The Morgan fingerprint density at radius 3 is 2.38 bits per heavy atom. The lowest BCUT2D eigenvalue weighted by molar-refractivity contribution is 0.438. The molecule has 0 spiro atoms. The molecule has 1 nitrogen and oxygen atoms in total. The van der Waals surface area contributed by atoms with Crippen LogP contribution in [0.3, 0.4) is 0 Å². The lowest BCUT2D eigenvalue weighted by atomic mass is 9.95. The maximum atomic E-state index is 3.40. The fraction of sp³-hybridized carbons (Fsp3) is 0.467. The number of rotatable bonds is 2. The summed E-state index contributed by atoms with van der Waals surface area (Å²) in [4.78, 5) is 0. The third-order valence-corrected chi connectivity index (χ3v) is 3.46. The molecule has 1 fully saturated rings. The number of allylic oxidation sites excluding steroid dienone is 1. The molecular weight excluding hydrogens is 194 g/mol. The van der Waals surface area contributed by atoms with Crippen LogP contribution in [0.25, 0.3) is 6.08 Å². The van der Waals surface area contributed by atoms with Crippen molar-refractivity contribution in [1.29, 1.82) is 0 Å². The number of nitrogens with one attached hydrogen (secondary N) is 1. The van der Waals surface area contributed by atoms with Crippen molar-refractivity contribution >= 4 is 6.08 Å². The van der Waals surface area contributed by atoms with Crippen LogP contribution in [0.5, 0.6) is 0 Å². The van der Waals surface area contributed by atoms with Gasteiger partial charge in [-0.05, 0) is 62.4 Å². The summed E-state index contributed by atoms with van der Waals surface area (Å²) < 4.78 is 0. The molecule has 1 aliphatic rings. The fourth-order valence-corrected chi connectivity index (χ4v) is 2.36. The lowest BCUT2D eigenvalue weighted by Gasteiger charge is -2.19. The molecule has 1 aliphatic heterocycles. The van der Waals surface area contributed by atoms with Gasteiger partial charge in [-0.15, -0.1) is 0 Å². The van der Waals surface area contributed by atoms with E-state index in [2.05, 4.69) is 49.5 Å². The highest BCUT2D eigenvalue weighted by Gasteiger charge is 2.09. The van der Waals surface area contributed by atoms with E-state index in [1.165, 1.54) is 42.6 Å². The summed E-state index contributed by atoms with van der Waals surface area (Å²) in [6.45, 7) is 6.72. The second-order valence-corrected chi connectivity index (χ2v) is 4.75. The Bertz CT molecular complexity index is 353. The number of aryl methyl sites for hydroxylation is 2. The highest BCUT2D eigenvalue weighted by atomic mass is 14.9. The molecule has 1 saturated heterocycles. The van der Waals surface area contributed by atoms with Gasteiger partial charge in [0.15, 0.2) is 0 Å². The van der Waals surface area contributed by atoms with Crippen LogP contribution < -0.4 is 5.32 Å². The smallest absolute Gasteiger partial charge is 0.00433 e. The lowest BCUT2D eigenvalue weighted by Crippen LogP contribution is -2.26. The Balaban J connectivity index is 2.10. The molecule has 0 aromatic heterocycles. The van der Waals surface area contributed by atoms with Crippen LogP contribution in [-0.4, -0.2) is 13.1 Å². The highest BCUT2D eigenvalue weighted by Crippen LogP contribution is 2.19. The molecule has 0 saturated carbocycles. The van der Waals surface area contributed by atoms with Gasteiger partial charge in [-0.3, -0.25) is 0 Å². The quantitative estimate of drug-likeness (QED) is 0.798. The molecule has 16 heavy (non-hydrogen) atoms.